The first-order valence-corrected chi connectivity index (χ1v) is 12.8. The summed E-state index contributed by atoms with van der Waals surface area (Å²) < 4.78 is 2.03. The molecule has 3 aromatic rings. The number of carbonyl (C=O) groups is 2. The molecule has 0 aliphatic carbocycles. The summed E-state index contributed by atoms with van der Waals surface area (Å²) in [6, 6.07) is 21.9. The lowest BCUT2D eigenvalue weighted by atomic mass is 10.1. The van der Waals surface area contributed by atoms with E-state index >= 15 is 0 Å². The maximum Gasteiger partial charge on any atom is 0.254 e. The van der Waals surface area contributed by atoms with Gasteiger partial charge in [0.15, 0.2) is 0 Å². The predicted molar refractivity (Wildman–Crippen MR) is 142 cm³/mol. The van der Waals surface area contributed by atoms with Crippen LogP contribution in [0.2, 0.25) is 0 Å². The normalized spacial score (nSPS) is 10.8. The minimum absolute atomic E-state index is 0.0425. The Hall–Kier alpha value is -3.34. The average Bonchev–Trinajstić information content (AvgIpc) is 3.29. The summed E-state index contributed by atoms with van der Waals surface area (Å²) in [6.45, 7) is 5.94. The van der Waals surface area contributed by atoms with Crippen molar-refractivity contribution >= 4 is 11.8 Å². The molecule has 0 bridgehead atoms. The fraction of sp³-hybridized carbons (Fsp3) is 0.400. The summed E-state index contributed by atoms with van der Waals surface area (Å²) in [4.78, 5) is 30.6. The van der Waals surface area contributed by atoms with Gasteiger partial charge in [-0.2, -0.15) is 0 Å². The van der Waals surface area contributed by atoms with E-state index in [9.17, 15) is 9.59 Å². The van der Waals surface area contributed by atoms with E-state index in [1.54, 1.807) is 4.90 Å². The number of hydrogen-bond donors (Lipinski definition) is 0. The van der Waals surface area contributed by atoms with Crippen LogP contribution in [0.1, 0.15) is 66.7 Å². The molecule has 2 aromatic carbocycles. The number of hydrogen-bond acceptors (Lipinski definition) is 2. The van der Waals surface area contributed by atoms with E-state index in [-0.39, 0.29) is 18.4 Å². The maximum absolute atomic E-state index is 13.6. The topological polar surface area (TPSA) is 45.6 Å². The van der Waals surface area contributed by atoms with Gasteiger partial charge in [-0.25, -0.2) is 0 Å². The summed E-state index contributed by atoms with van der Waals surface area (Å²) in [6.07, 6.45) is 7.13. The van der Waals surface area contributed by atoms with Crippen LogP contribution in [-0.2, 0) is 31.4 Å². The van der Waals surface area contributed by atoms with Gasteiger partial charge in [0, 0.05) is 37.6 Å². The third kappa shape index (κ3) is 7.84. The van der Waals surface area contributed by atoms with Crippen LogP contribution in [0.4, 0.5) is 0 Å². The summed E-state index contributed by atoms with van der Waals surface area (Å²) in [7, 11) is 1.99. The second kappa shape index (κ2) is 13.5. The van der Waals surface area contributed by atoms with Gasteiger partial charge in [-0.3, -0.25) is 9.59 Å². The van der Waals surface area contributed by atoms with Crippen molar-refractivity contribution in [3.8, 4) is 0 Å². The van der Waals surface area contributed by atoms with Gasteiger partial charge >= 0.3 is 0 Å². The zero-order valence-corrected chi connectivity index (χ0v) is 21.5. The summed E-state index contributed by atoms with van der Waals surface area (Å²) in [5.74, 6) is -0.119. The second-order valence-electron chi connectivity index (χ2n) is 9.23. The third-order valence-corrected chi connectivity index (χ3v) is 6.39. The number of carbonyl (C=O) groups excluding carboxylic acids is 2. The number of unbranched alkanes of at least 4 members (excludes halogenated alkanes) is 2. The zero-order valence-electron chi connectivity index (χ0n) is 21.5. The quantitative estimate of drug-likeness (QED) is 0.313. The molecule has 186 valence electrons. The van der Waals surface area contributed by atoms with Gasteiger partial charge in [-0.1, -0.05) is 69.2 Å². The lowest BCUT2D eigenvalue weighted by molar-refractivity contribution is -0.133. The molecule has 0 spiro atoms. The fourth-order valence-electron chi connectivity index (χ4n) is 4.13. The van der Waals surface area contributed by atoms with Crippen molar-refractivity contribution in [2.24, 2.45) is 7.05 Å². The first-order valence-electron chi connectivity index (χ1n) is 12.8. The van der Waals surface area contributed by atoms with Crippen LogP contribution in [0.5, 0.6) is 0 Å². The smallest absolute Gasteiger partial charge is 0.254 e. The molecule has 0 aliphatic heterocycles. The highest BCUT2D eigenvalue weighted by Crippen LogP contribution is 2.14. The number of rotatable bonds is 13. The monoisotopic (exact) mass is 473 g/mol. The average molecular weight is 474 g/mol. The molecule has 35 heavy (non-hydrogen) atoms. The molecule has 0 fully saturated rings. The van der Waals surface area contributed by atoms with Gasteiger partial charge < -0.3 is 14.4 Å². The van der Waals surface area contributed by atoms with Crippen LogP contribution in [-0.4, -0.2) is 39.3 Å². The van der Waals surface area contributed by atoms with Crippen molar-refractivity contribution in [1.29, 1.82) is 0 Å². The van der Waals surface area contributed by atoms with Gasteiger partial charge in [0.1, 0.15) is 6.54 Å². The maximum atomic E-state index is 13.6. The Morgan fingerprint density at radius 3 is 2.11 bits per heavy atom. The minimum atomic E-state index is -0.0765. The predicted octanol–water partition coefficient (Wildman–Crippen LogP) is 5.84. The largest absolute Gasteiger partial charge is 0.353 e. The van der Waals surface area contributed by atoms with Crippen LogP contribution in [0.3, 0.4) is 0 Å². The van der Waals surface area contributed by atoms with Gasteiger partial charge in [-0.05, 0) is 54.7 Å². The molecule has 5 nitrogen and oxygen atoms in total. The molecule has 2 amide bonds. The van der Waals surface area contributed by atoms with Gasteiger partial charge in [0.05, 0.1) is 6.54 Å². The molecular weight excluding hydrogens is 434 g/mol. The molecular formula is C30H39N3O2. The fourth-order valence-corrected chi connectivity index (χ4v) is 4.13. The Morgan fingerprint density at radius 1 is 0.771 bits per heavy atom. The van der Waals surface area contributed by atoms with E-state index in [4.69, 9.17) is 0 Å². The molecule has 0 radical (unpaired) electrons. The van der Waals surface area contributed by atoms with E-state index in [1.165, 1.54) is 5.56 Å². The molecule has 1 heterocycles. The van der Waals surface area contributed by atoms with Gasteiger partial charge in [0.2, 0.25) is 5.91 Å². The highest BCUT2D eigenvalue weighted by molar-refractivity contribution is 5.96. The molecule has 0 aliphatic rings. The summed E-state index contributed by atoms with van der Waals surface area (Å²) in [5, 5.41) is 0. The lowest BCUT2D eigenvalue weighted by Crippen LogP contribution is -2.43. The minimum Gasteiger partial charge on any atom is -0.353 e. The van der Waals surface area contributed by atoms with Crippen molar-refractivity contribution < 1.29 is 9.59 Å². The Kier molecular flexibility index (Phi) is 10.1. The van der Waals surface area contributed by atoms with E-state index in [0.717, 1.165) is 43.4 Å². The lowest BCUT2D eigenvalue weighted by Gasteiger charge is -2.28. The Balaban J connectivity index is 1.77. The Bertz CT molecular complexity index is 1060. The third-order valence-electron chi connectivity index (χ3n) is 6.39. The van der Waals surface area contributed by atoms with Crippen molar-refractivity contribution in [3.63, 3.8) is 0 Å². The van der Waals surface area contributed by atoms with Crippen LogP contribution in [0, 0.1) is 0 Å². The zero-order chi connectivity index (χ0) is 25.0. The highest BCUT2D eigenvalue weighted by Gasteiger charge is 2.23. The standard InChI is InChI=1S/C30H39N3O2/c1-4-6-12-25-16-18-27(19-17-25)30(35)32(21-7-5-2)24-29(34)33(22-26-13-9-8-10-14-26)23-28-15-11-20-31(28)3/h8-11,13-20H,4-7,12,21-24H2,1-3H3. The molecule has 0 atom stereocenters. The molecule has 1 aromatic heterocycles. The SMILES string of the molecule is CCCCc1ccc(C(=O)N(CCCC)CC(=O)N(Cc2ccccc2)Cc2cccn2C)cc1. The first kappa shape index (κ1) is 26.3. The van der Waals surface area contributed by atoms with E-state index < -0.39 is 0 Å². The van der Waals surface area contributed by atoms with E-state index in [2.05, 4.69) is 13.8 Å². The van der Waals surface area contributed by atoms with Crippen LogP contribution < -0.4 is 0 Å². The van der Waals surface area contributed by atoms with Gasteiger partial charge in [-0.15, -0.1) is 0 Å². The molecule has 0 saturated heterocycles. The van der Waals surface area contributed by atoms with Gasteiger partial charge in [0.25, 0.3) is 5.91 Å². The second-order valence-corrected chi connectivity index (χ2v) is 9.23. The van der Waals surface area contributed by atoms with Crippen molar-refractivity contribution in [2.45, 2.75) is 59.0 Å². The molecule has 0 N–H and O–H groups in total. The van der Waals surface area contributed by atoms with E-state index in [0.29, 0.717) is 25.2 Å². The number of aryl methyl sites for hydroxylation is 2. The molecule has 3 rings (SSSR count). The molecule has 0 saturated carbocycles. The summed E-state index contributed by atoms with van der Waals surface area (Å²) in [5.41, 5.74) is 4.02. The number of aromatic nitrogens is 1. The Labute approximate surface area is 210 Å². The molecule has 0 unspecified atom stereocenters. The highest BCUT2D eigenvalue weighted by atomic mass is 16.2. The number of nitrogens with zero attached hydrogens (tertiary/aromatic N) is 3. The van der Waals surface area contributed by atoms with Crippen LogP contribution >= 0.6 is 0 Å². The number of benzene rings is 2. The van der Waals surface area contributed by atoms with Crippen LogP contribution in [0.25, 0.3) is 0 Å². The summed E-state index contributed by atoms with van der Waals surface area (Å²) >= 11 is 0. The van der Waals surface area contributed by atoms with Crippen molar-refractivity contribution in [2.75, 3.05) is 13.1 Å². The van der Waals surface area contributed by atoms with Crippen molar-refractivity contribution in [3.05, 3.63) is 95.3 Å². The molecule has 5 heteroatoms. The first-order chi connectivity index (χ1) is 17.0. The van der Waals surface area contributed by atoms with E-state index in [1.807, 2.05) is 89.4 Å². The number of amides is 2. The van der Waals surface area contributed by atoms with Crippen molar-refractivity contribution in [1.82, 2.24) is 14.4 Å². The van der Waals surface area contributed by atoms with Crippen LogP contribution in [0.15, 0.2) is 72.9 Å². The Morgan fingerprint density at radius 2 is 1.49 bits per heavy atom.